The first-order valence-electron chi connectivity index (χ1n) is 5.61. The summed E-state index contributed by atoms with van der Waals surface area (Å²) in [5.41, 5.74) is 0. The van der Waals surface area contributed by atoms with Crippen molar-refractivity contribution in [1.82, 2.24) is 0 Å². The van der Waals surface area contributed by atoms with Crippen molar-refractivity contribution in [1.29, 1.82) is 0 Å². The van der Waals surface area contributed by atoms with Crippen molar-refractivity contribution in [3.05, 3.63) is 38.7 Å². The zero-order chi connectivity index (χ0) is 14.9. The molecule has 0 N–H and O–H groups in total. The first-order chi connectivity index (χ1) is 9.37. The molecule has 1 heterocycles. The monoisotopic (exact) mass is 380 g/mol. The zero-order valence-corrected chi connectivity index (χ0v) is 13.5. The maximum absolute atomic E-state index is 12.5. The second-order valence-corrected chi connectivity index (χ2v) is 7.04. The Morgan fingerprint density at radius 1 is 1.35 bits per heavy atom. The van der Waals surface area contributed by atoms with Gasteiger partial charge < -0.3 is 9.47 Å². The van der Waals surface area contributed by atoms with Crippen LogP contribution in [0.2, 0.25) is 0 Å². The standard InChI is InChI=1S/C12H10BrClO5S/c1-2-18-12-10(9(14)11(15)19-12)20(16,17)8-5-3-7(13)4-6-8/h3-6,12H,2H2,1H3/t12-/m1/s1. The molecule has 0 bridgehead atoms. The molecule has 1 aliphatic rings. The van der Waals surface area contributed by atoms with Crippen molar-refractivity contribution in [2.45, 2.75) is 18.1 Å². The Kier molecular flexibility index (Phi) is 4.53. The highest BCUT2D eigenvalue weighted by molar-refractivity contribution is 9.10. The molecule has 0 spiro atoms. The Bertz CT molecular complexity index is 666. The molecule has 2 rings (SSSR count). The minimum atomic E-state index is -3.95. The lowest BCUT2D eigenvalue weighted by molar-refractivity contribution is -0.157. The predicted molar refractivity (Wildman–Crippen MR) is 75.7 cm³/mol. The molecule has 0 radical (unpaired) electrons. The topological polar surface area (TPSA) is 69.7 Å². The lowest BCUT2D eigenvalue weighted by atomic mass is 10.4. The van der Waals surface area contributed by atoms with Crippen molar-refractivity contribution >= 4 is 43.3 Å². The highest BCUT2D eigenvalue weighted by atomic mass is 79.9. The normalized spacial score (nSPS) is 19.4. The van der Waals surface area contributed by atoms with E-state index in [0.29, 0.717) is 0 Å². The van der Waals surface area contributed by atoms with Crippen LogP contribution in [0.15, 0.2) is 43.6 Å². The Hall–Kier alpha value is -0.890. The highest BCUT2D eigenvalue weighted by Gasteiger charge is 2.42. The second kappa shape index (κ2) is 5.85. The fourth-order valence-corrected chi connectivity index (χ4v) is 3.79. The smallest absolute Gasteiger partial charge is 0.353 e. The van der Waals surface area contributed by atoms with E-state index in [0.717, 1.165) is 4.47 Å². The molecule has 0 aliphatic carbocycles. The average Bonchev–Trinajstić information content (AvgIpc) is 2.66. The van der Waals surface area contributed by atoms with Crippen LogP contribution in [0.4, 0.5) is 0 Å². The number of rotatable bonds is 4. The summed E-state index contributed by atoms with van der Waals surface area (Å²) >= 11 is 8.98. The third-order valence-corrected chi connectivity index (χ3v) is 5.42. The fourth-order valence-electron chi connectivity index (χ4n) is 1.65. The molecular weight excluding hydrogens is 372 g/mol. The summed E-state index contributed by atoms with van der Waals surface area (Å²) in [6.07, 6.45) is -1.30. The Labute approximate surface area is 129 Å². The molecule has 0 saturated carbocycles. The van der Waals surface area contributed by atoms with E-state index in [4.69, 9.17) is 21.1 Å². The van der Waals surface area contributed by atoms with Gasteiger partial charge in [-0.1, -0.05) is 27.5 Å². The van der Waals surface area contributed by atoms with E-state index in [1.165, 1.54) is 12.1 Å². The van der Waals surface area contributed by atoms with Crippen LogP contribution < -0.4 is 0 Å². The van der Waals surface area contributed by atoms with E-state index < -0.39 is 27.1 Å². The number of esters is 1. The molecule has 1 aromatic carbocycles. The van der Waals surface area contributed by atoms with Crippen LogP contribution in [0, 0.1) is 0 Å². The number of halogens is 2. The highest BCUT2D eigenvalue weighted by Crippen LogP contribution is 2.34. The third-order valence-electron chi connectivity index (χ3n) is 2.56. The van der Waals surface area contributed by atoms with Gasteiger partial charge in [0.15, 0.2) is 0 Å². The largest absolute Gasteiger partial charge is 0.426 e. The van der Waals surface area contributed by atoms with Gasteiger partial charge in [0.25, 0.3) is 0 Å². The summed E-state index contributed by atoms with van der Waals surface area (Å²) in [6, 6.07) is 5.97. The lowest BCUT2D eigenvalue weighted by Gasteiger charge is -2.14. The summed E-state index contributed by atoms with van der Waals surface area (Å²) in [7, 11) is -3.95. The number of hydrogen-bond acceptors (Lipinski definition) is 5. The van der Waals surface area contributed by atoms with Gasteiger partial charge in [0.1, 0.15) is 9.94 Å². The molecule has 20 heavy (non-hydrogen) atoms. The number of cyclic esters (lactones) is 1. The van der Waals surface area contributed by atoms with Crippen molar-refractivity contribution in [2.75, 3.05) is 6.61 Å². The molecule has 0 aromatic heterocycles. The summed E-state index contributed by atoms with van der Waals surface area (Å²) in [4.78, 5) is 11.1. The maximum atomic E-state index is 12.5. The molecule has 5 nitrogen and oxygen atoms in total. The lowest BCUT2D eigenvalue weighted by Crippen LogP contribution is -2.21. The van der Waals surface area contributed by atoms with Gasteiger partial charge in [-0.3, -0.25) is 0 Å². The number of carbonyl (C=O) groups excluding carboxylic acids is 1. The van der Waals surface area contributed by atoms with Crippen LogP contribution in [0.1, 0.15) is 6.92 Å². The first-order valence-corrected chi connectivity index (χ1v) is 8.26. The number of sulfone groups is 1. The number of benzene rings is 1. The van der Waals surface area contributed by atoms with Crippen molar-refractivity contribution in [3.8, 4) is 0 Å². The van der Waals surface area contributed by atoms with Gasteiger partial charge in [-0.25, -0.2) is 13.2 Å². The second-order valence-electron chi connectivity index (χ2n) is 3.83. The van der Waals surface area contributed by atoms with Crippen LogP contribution in [0.25, 0.3) is 0 Å². The molecule has 1 atom stereocenters. The Balaban J connectivity index is 2.51. The fraction of sp³-hybridized carbons (Fsp3) is 0.250. The molecule has 1 aromatic rings. The summed E-state index contributed by atoms with van der Waals surface area (Å²) in [5, 5.41) is -0.466. The van der Waals surface area contributed by atoms with E-state index in [1.54, 1.807) is 19.1 Å². The molecule has 8 heteroatoms. The van der Waals surface area contributed by atoms with E-state index in [9.17, 15) is 13.2 Å². The minimum Gasteiger partial charge on any atom is -0.426 e. The Morgan fingerprint density at radius 3 is 2.50 bits per heavy atom. The van der Waals surface area contributed by atoms with E-state index in [2.05, 4.69) is 15.9 Å². The van der Waals surface area contributed by atoms with Crippen LogP contribution in [-0.4, -0.2) is 27.3 Å². The average molecular weight is 382 g/mol. The van der Waals surface area contributed by atoms with Gasteiger partial charge in [-0.05, 0) is 31.2 Å². The molecule has 108 valence electrons. The molecule has 0 amide bonds. The number of ether oxygens (including phenoxy) is 2. The van der Waals surface area contributed by atoms with Crippen molar-refractivity contribution in [2.24, 2.45) is 0 Å². The van der Waals surface area contributed by atoms with Crippen LogP contribution in [0.3, 0.4) is 0 Å². The summed E-state index contributed by atoms with van der Waals surface area (Å²) in [6.45, 7) is 1.84. The van der Waals surface area contributed by atoms with E-state index in [1.807, 2.05) is 0 Å². The number of hydrogen-bond donors (Lipinski definition) is 0. The van der Waals surface area contributed by atoms with Gasteiger partial charge in [-0.15, -0.1) is 0 Å². The molecular formula is C12H10BrClO5S. The molecule has 0 saturated heterocycles. The van der Waals surface area contributed by atoms with Crippen molar-refractivity contribution < 1.29 is 22.7 Å². The minimum absolute atomic E-state index is 0.0110. The summed E-state index contributed by atoms with van der Waals surface area (Å²) in [5.74, 6) is -0.902. The molecule has 1 aliphatic heterocycles. The van der Waals surface area contributed by atoms with E-state index >= 15 is 0 Å². The van der Waals surface area contributed by atoms with Gasteiger partial charge in [0.2, 0.25) is 16.1 Å². The van der Waals surface area contributed by atoms with Crippen molar-refractivity contribution in [3.63, 3.8) is 0 Å². The van der Waals surface area contributed by atoms with Gasteiger partial charge in [0, 0.05) is 11.1 Å². The molecule has 0 fully saturated rings. The van der Waals surface area contributed by atoms with Crippen LogP contribution >= 0.6 is 27.5 Å². The third kappa shape index (κ3) is 2.76. The van der Waals surface area contributed by atoms with Crippen LogP contribution in [-0.2, 0) is 24.1 Å². The van der Waals surface area contributed by atoms with Gasteiger partial charge in [0.05, 0.1) is 4.90 Å². The Morgan fingerprint density at radius 2 is 1.95 bits per heavy atom. The van der Waals surface area contributed by atoms with Gasteiger partial charge in [-0.2, -0.15) is 0 Å². The quantitative estimate of drug-likeness (QED) is 0.750. The number of carbonyl (C=O) groups is 1. The van der Waals surface area contributed by atoms with E-state index in [-0.39, 0.29) is 16.4 Å². The van der Waals surface area contributed by atoms with Gasteiger partial charge >= 0.3 is 5.97 Å². The summed E-state index contributed by atoms with van der Waals surface area (Å²) < 4.78 is 35.7. The predicted octanol–water partition coefficient (Wildman–Crippen LogP) is 2.59. The zero-order valence-electron chi connectivity index (χ0n) is 10.3. The molecule has 0 unspecified atom stereocenters. The SMILES string of the molecule is CCO[C@@H]1OC(=O)C(Cl)=C1S(=O)(=O)c1ccc(Br)cc1. The first kappa shape index (κ1) is 15.5. The van der Waals surface area contributed by atoms with Crippen LogP contribution in [0.5, 0.6) is 0 Å². The maximum Gasteiger partial charge on any atom is 0.353 e.